The summed E-state index contributed by atoms with van der Waals surface area (Å²) in [4.78, 5) is 29.8. The fraction of sp³-hybridized carbons (Fsp3) is 0.312. The Balaban J connectivity index is 2.21. The van der Waals surface area contributed by atoms with E-state index in [9.17, 15) is 9.59 Å². The minimum atomic E-state index is -0.435. The molecule has 0 spiro atoms. The number of carbonyl (C=O) groups is 2. The van der Waals surface area contributed by atoms with Crippen LogP contribution in [0.5, 0.6) is 5.75 Å². The molecular formula is C16H16Br2N2O4S. The number of amides is 1. The van der Waals surface area contributed by atoms with Gasteiger partial charge in [-0.2, -0.15) is 0 Å². The van der Waals surface area contributed by atoms with Crippen molar-refractivity contribution in [2.24, 2.45) is 4.99 Å². The summed E-state index contributed by atoms with van der Waals surface area (Å²) in [5.74, 6) is -0.0381. The van der Waals surface area contributed by atoms with Crippen molar-refractivity contribution in [3.8, 4) is 5.75 Å². The Hall–Kier alpha value is -1.32. The second-order valence-corrected chi connectivity index (χ2v) is 7.61. The molecular weight excluding hydrogens is 476 g/mol. The van der Waals surface area contributed by atoms with E-state index in [0.29, 0.717) is 31.4 Å². The van der Waals surface area contributed by atoms with E-state index >= 15 is 0 Å². The quantitative estimate of drug-likeness (QED) is 0.464. The molecule has 0 atom stereocenters. The van der Waals surface area contributed by atoms with Crippen molar-refractivity contribution in [2.45, 2.75) is 6.92 Å². The maximum Gasteiger partial charge on any atom is 0.344 e. The third kappa shape index (κ3) is 4.86. The Morgan fingerprint density at radius 2 is 2.00 bits per heavy atom. The molecule has 25 heavy (non-hydrogen) atoms. The summed E-state index contributed by atoms with van der Waals surface area (Å²) in [7, 11) is 3.34. The summed E-state index contributed by atoms with van der Waals surface area (Å²) in [6, 6.07) is 3.63. The summed E-state index contributed by atoms with van der Waals surface area (Å²) in [5.41, 5.74) is 0.809. The molecule has 1 amide bonds. The smallest absolute Gasteiger partial charge is 0.344 e. The Morgan fingerprint density at radius 1 is 1.36 bits per heavy atom. The fourth-order valence-corrected chi connectivity index (χ4v) is 4.41. The van der Waals surface area contributed by atoms with Gasteiger partial charge in [-0.15, -0.1) is 0 Å². The van der Waals surface area contributed by atoms with Gasteiger partial charge in [0.1, 0.15) is 5.75 Å². The van der Waals surface area contributed by atoms with Gasteiger partial charge < -0.3 is 9.47 Å². The fourth-order valence-electron chi connectivity index (χ4n) is 2.04. The molecule has 2 rings (SSSR count). The lowest BCUT2D eigenvalue weighted by atomic mass is 10.2. The number of hydrogen-bond acceptors (Lipinski definition) is 6. The van der Waals surface area contributed by atoms with Gasteiger partial charge in [0, 0.05) is 14.1 Å². The highest BCUT2D eigenvalue weighted by molar-refractivity contribution is 9.11. The van der Waals surface area contributed by atoms with Crippen LogP contribution in [0.4, 0.5) is 0 Å². The number of esters is 1. The molecule has 134 valence electrons. The van der Waals surface area contributed by atoms with Crippen LogP contribution in [0.1, 0.15) is 12.5 Å². The standard InChI is InChI=1S/C16H16Br2N2O4S/c1-4-23-13(21)8-24-14-10(17)5-9(6-11(14)18)7-12-15(22)20(3)16(19-2)25-12/h5-7H,4,8H2,1-3H3/b12-7+,19-16?. The van der Waals surface area contributed by atoms with Crippen molar-refractivity contribution in [3.63, 3.8) is 0 Å². The number of rotatable bonds is 5. The van der Waals surface area contributed by atoms with Crippen LogP contribution < -0.4 is 4.74 Å². The van der Waals surface area contributed by atoms with Crippen molar-refractivity contribution in [2.75, 3.05) is 27.3 Å². The van der Waals surface area contributed by atoms with E-state index in [-0.39, 0.29) is 12.5 Å². The average molecular weight is 492 g/mol. The molecule has 0 saturated carbocycles. The summed E-state index contributed by atoms with van der Waals surface area (Å²) < 4.78 is 11.6. The van der Waals surface area contributed by atoms with Gasteiger partial charge in [-0.3, -0.25) is 14.7 Å². The lowest BCUT2D eigenvalue weighted by Crippen LogP contribution is -2.23. The SMILES string of the molecule is CCOC(=O)COc1c(Br)cc(/C=C2/SC(=NC)N(C)C2=O)cc1Br. The van der Waals surface area contributed by atoms with E-state index in [1.165, 1.54) is 16.7 Å². The number of ether oxygens (including phenoxy) is 2. The predicted molar refractivity (Wildman–Crippen MR) is 106 cm³/mol. The molecule has 0 N–H and O–H groups in total. The molecule has 0 bridgehead atoms. The molecule has 1 aliphatic heterocycles. The number of amidine groups is 1. The first-order valence-electron chi connectivity index (χ1n) is 7.29. The molecule has 1 fully saturated rings. The van der Waals surface area contributed by atoms with E-state index in [1.807, 2.05) is 12.1 Å². The summed E-state index contributed by atoms with van der Waals surface area (Å²) in [6.45, 7) is 1.86. The van der Waals surface area contributed by atoms with Crippen LogP contribution in [-0.2, 0) is 14.3 Å². The highest BCUT2D eigenvalue weighted by Gasteiger charge is 2.29. The number of likely N-dealkylation sites (N-methyl/N-ethyl adjacent to an activating group) is 1. The molecule has 0 unspecified atom stereocenters. The van der Waals surface area contributed by atoms with E-state index < -0.39 is 5.97 Å². The number of benzene rings is 1. The minimum Gasteiger partial charge on any atom is -0.480 e. The van der Waals surface area contributed by atoms with Gasteiger partial charge in [0.2, 0.25) is 0 Å². The van der Waals surface area contributed by atoms with Gasteiger partial charge in [0.25, 0.3) is 5.91 Å². The molecule has 1 aliphatic rings. The van der Waals surface area contributed by atoms with Crippen LogP contribution in [0.15, 0.2) is 31.0 Å². The van der Waals surface area contributed by atoms with Crippen LogP contribution in [0, 0.1) is 0 Å². The predicted octanol–water partition coefficient (Wildman–Crippen LogP) is 3.69. The van der Waals surface area contributed by atoms with Crippen molar-refractivity contribution in [3.05, 3.63) is 31.5 Å². The van der Waals surface area contributed by atoms with E-state index in [0.717, 1.165) is 5.56 Å². The van der Waals surface area contributed by atoms with E-state index in [1.54, 1.807) is 27.1 Å². The lowest BCUT2D eigenvalue weighted by molar-refractivity contribution is -0.145. The van der Waals surface area contributed by atoms with E-state index in [4.69, 9.17) is 9.47 Å². The van der Waals surface area contributed by atoms with Crippen molar-refractivity contribution >= 4 is 66.7 Å². The summed E-state index contributed by atoms with van der Waals surface area (Å²) in [5, 5.41) is 0.656. The van der Waals surface area contributed by atoms with Gasteiger partial charge in [-0.05, 0) is 74.3 Å². The van der Waals surface area contributed by atoms with Crippen LogP contribution in [0.25, 0.3) is 6.08 Å². The molecule has 6 nitrogen and oxygen atoms in total. The molecule has 1 saturated heterocycles. The Kier molecular flexibility index (Phi) is 7.09. The van der Waals surface area contributed by atoms with Crippen molar-refractivity contribution < 1.29 is 19.1 Å². The van der Waals surface area contributed by atoms with Gasteiger partial charge in [0.15, 0.2) is 11.8 Å². The van der Waals surface area contributed by atoms with Gasteiger partial charge >= 0.3 is 5.97 Å². The second kappa shape index (κ2) is 8.86. The van der Waals surface area contributed by atoms with Crippen LogP contribution >= 0.6 is 43.6 Å². The monoisotopic (exact) mass is 490 g/mol. The topological polar surface area (TPSA) is 68.2 Å². The van der Waals surface area contributed by atoms with Crippen LogP contribution in [0.3, 0.4) is 0 Å². The third-order valence-corrected chi connectivity index (χ3v) is 5.48. The molecule has 1 aromatic carbocycles. The number of hydrogen-bond donors (Lipinski definition) is 0. The van der Waals surface area contributed by atoms with Gasteiger partial charge in [-0.1, -0.05) is 0 Å². The maximum absolute atomic E-state index is 12.2. The Bertz CT molecular complexity index is 741. The van der Waals surface area contributed by atoms with E-state index in [2.05, 4.69) is 36.9 Å². The van der Waals surface area contributed by atoms with Crippen molar-refractivity contribution in [1.82, 2.24) is 4.90 Å². The number of aliphatic imine (C=N–C) groups is 1. The van der Waals surface area contributed by atoms with Crippen LogP contribution in [-0.4, -0.2) is 49.3 Å². The molecule has 1 aromatic rings. The largest absolute Gasteiger partial charge is 0.480 e. The number of carbonyl (C=O) groups excluding carboxylic acids is 2. The second-order valence-electron chi connectivity index (χ2n) is 4.89. The zero-order valence-corrected chi connectivity index (χ0v) is 17.8. The summed E-state index contributed by atoms with van der Waals surface area (Å²) >= 11 is 8.18. The maximum atomic E-state index is 12.2. The third-order valence-electron chi connectivity index (χ3n) is 3.15. The summed E-state index contributed by atoms with van der Waals surface area (Å²) in [6.07, 6.45) is 1.78. The minimum absolute atomic E-state index is 0.0968. The number of nitrogens with zero attached hydrogens (tertiary/aromatic N) is 2. The first-order chi connectivity index (χ1) is 11.9. The molecule has 1 heterocycles. The highest BCUT2D eigenvalue weighted by atomic mass is 79.9. The normalized spacial score (nSPS) is 17.5. The van der Waals surface area contributed by atoms with Crippen molar-refractivity contribution in [1.29, 1.82) is 0 Å². The first-order valence-corrected chi connectivity index (χ1v) is 9.69. The Morgan fingerprint density at radius 3 is 2.52 bits per heavy atom. The highest BCUT2D eigenvalue weighted by Crippen LogP contribution is 2.37. The molecule has 0 aromatic heterocycles. The van der Waals surface area contributed by atoms with Gasteiger partial charge in [-0.25, -0.2) is 4.79 Å². The zero-order valence-electron chi connectivity index (χ0n) is 13.8. The molecule has 0 radical (unpaired) electrons. The average Bonchev–Trinajstić information content (AvgIpc) is 2.82. The van der Waals surface area contributed by atoms with Crippen LogP contribution in [0.2, 0.25) is 0 Å². The molecule has 9 heteroatoms. The first kappa shape index (κ1) is 20.0. The lowest BCUT2D eigenvalue weighted by Gasteiger charge is -2.11. The molecule has 0 aliphatic carbocycles. The Labute approximate surface area is 166 Å². The zero-order chi connectivity index (χ0) is 18.6. The number of thioether (sulfide) groups is 1. The number of halogens is 2. The van der Waals surface area contributed by atoms with Gasteiger partial charge in [0.05, 0.1) is 20.5 Å².